The molecule has 0 atom stereocenters. The number of carbonyl (C=O) groups is 2. The van der Waals surface area contributed by atoms with E-state index in [1.807, 2.05) is 0 Å². The van der Waals surface area contributed by atoms with Gasteiger partial charge in [0.1, 0.15) is 5.75 Å². The van der Waals surface area contributed by atoms with Gasteiger partial charge in [-0.15, -0.1) is 0 Å². The van der Waals surface area contributed by atoms with Crippen molar-refractivity contribution >= 4 is 11.9 Å². The molecular weight excluding hydrogens is 236 g/mol. The molecule has 1 heterocycles. The van der Waals surface area contributed by atoms with Gasteiger partial charge in [-0.2, -0.15) is 0 Å². The lowest BCUT2D eigenvalue weighted by Crippen LogP contribution is -2.26. The zero-order valence-corrected chi connectivity index (χ0v) is 9.96. The van der Waals surface area contributed by atoms with Crippen molar-refractivity contribution in [1.29, 1.82) is 0 Å². The molecule has 6 nitrogen and oxygen atoms in total. The molecule has 0 fully saturated rings. The first-order valence-electron chi connectivity index (χ1n) is 5.70. The summed E-state index contributed by atoms with van der Waals surface area (Å²) in [4.78, 5) is 25.4. The predicted octanol–water partition coefficient (Wildman–Crippen LogP) is 0.831. The molecule has 0 aliphatic heterocycles. The van der Waals surface area contributed by atoms with Crippen molar-refractivity contribution in [2.45, 2.75) is 19.3 Å². The number of carbonyl (C=O) groups excluding carboxylic acids is 1. The summed E-state index contributed by atoms with van der Waals surface area (Å²) in [5.41, 5.74) is 0. The molecule has 0 saturated heterocycles. The van der Waals surface area contributed by atoms with Crippen LogP contribution in [0.1, 0.15) is 19.3 Å². The summed E-state index contributed by atoms with van der Waals surface area (Å²) in [6.45, 7) is 0.593. The van der Waals surface area contributed by atoms with Gasteiger partial charge < -0.3 is 15.2 Å². The molecule has 0 unspecified atom stereocenters. The molecule has 1 amide bonds. The number of rotatable bonds is 8. The van der Waals surface area contributed by atoms with Gasteiger partial charge in [0, 0.05) is 19.2 Å². The number of carboxylic acid groups (broad SMARTS) is 1. The fraction of sp³-hybridized carbons (Fsp3) is 0.417. The molecule has 18 heavy (non-hydrogen) atoms. The smallest absolute Gasteiger partial charge is 0.305 e. The van der Waals surface area contributed by atoms with Crippen LogP contribution in [0.15, 0.2) is 24.5 Å². The van der Waals surface area contributed by atoms with Crippen LogP contribution in [-0.4, -0.2) is 35.1 Å². The number of hydrogen-bond donors (Lipinski definition) is 2. The Balaban J connectivity index is 2.04. The number of aliphatic carboxylic acids is 1. The van der Waals surface area contributed by atoms with Gasteiger partial charge in [0.05, 0.1) is 19.2 Å². The number of nitrogens with one attached hydrogen (secondary N) is 1. The van der Waals surface area contributed by atoms with E-state index in [4.69, 9.17) is 9.84 Å². The standard InChI is InChI=1S/C12H16N2O4/c15-11(14-7-5-12(16)17)4-2-8-18-10-3-1-6-13-9-10/h1,3,6,9H,2,4-5,7-8H2,(H,14,15)(H,16,17). The molecule has 0 saturated carbocycles. The Hall–Kier alpha value is -2.11. The number of amides is 1. The van der Waals surface area contributed by atoms with Gasteiger partial charge in [0.15, 0.2) is 0 Å². The van der Waals surface area contributed by atoms with Crippen LogP contribution >= 0.6 is 0 Å². The Morgan fingerprint density at radius 1 is 1.39 bits per heavy atom. The van der Waals surface area contributed by atoms with Crippen LogP contribution in [0.4, 0.5) is 0 Å². The Morgan fingerprint density at radius 3 is 2.89 bits per heavy atom. The maximum atomic E-state index is 11.3. The molecule has 0 aliphatic rings. The van der Waals surface area contributed by atoms with E-state index >= 15 is 0 Å². The highest BCUT2D eigenvalue weighted by molar-refractivity contribution is 5.76. The second kappa shape index (κ2) is 8.05. The van der Waals surface area contributed by atoms with Crippen LogP contribution in [0.3, 0.4) is 0 Å². The van der Waals surface area contributed by atoms with E-state index in [0.717, 1.165) is 0 Å². The maximum absolute atomic E-state index is 11.3. The minimum absolute atomic E-state index is 0.0576. The van der Waals surface area contributed by atoms with Gasteiger partial charge in [0.25, 0.3) is 0 Å². The Morgan fingerprint density at radius 2 is 2.22 bits per heavy atom. The number of carboxylic acids is 1. The lowest BCUT2D eigenvalue weighted by atomic mass is 10.3. The average Bonchev–Trinajstić information content (AvgIpc) is 2.35. The van der Waals surface area contributed by atoms with E-state index in [1.165, 1.54) is 0 Å². The van der Waals surface area contributed by atoms with E-state index in [2.05, 4.69) is 10.3 Å². The Bertz CT molecular complexity index is 381. The normalized spacial score (nSPS) is 9.78. The molecule has 0 aliphatic carbocycles. The Kier molecular flexibility index (Phi) is 6.24. The molecule has 1 rings (SSSR count). The van der Waals surface area contributed by atoms with Crippen molar-refractivity contribution in [3.05, 3.63) is 24.5 Å². The van der Waals surface area contributed by atoms with Crippen LogP contribution in [0.5, 0.6) is 5.75 Å². The summed E-state index contributed by atoms with van der Waals surface area (Å²) in [7, 11) is 0. The van der Waals surface area contributed by atoms with E-state index in [0.29, 0.717) is 25.2 Å². The second-order valence-electron chi connectivity index (χ2n) is 3.63. The quantitative estimate of drug-likeness (QED) is 0.669. The summed E-state index contributed by atoms with van der Waals surface area (Å²) in [6, 6.07) is 3.56. The number of pyridine rings is 1. The van der Waals surface area contributed by atoms with E-state index < -0.39 is 5.97 Å². The topological polar surface area (TPSA) is 88.5 Å². The van der Waals surface area contributed by atoms with Gasteiger partial charge >= 0.3 is 5.97 Å². The second-order valence-corrected chi connectivity index (χ2v) is 3.63. The van der Waals surface area contributed by atoms with Crippen molar-refractivity contribution in [1.82, 2.24) is 10.3 Å². The van der Waals surface area contributed by atoms with Crippen LogP contribution in [0.25, 0.3) is 0 Å². The first-order chi connectivity index (χ1) is 8.68. The third-order valence-corrected chi connectivity index (χ3v) is 2.11. The van der Waals surface area contributed by atoms with Gasteiger partial charge in [-0.3, -0.25) is 14.6 Å². The summed E-state index contributed by atoms with van der Waals surface area (Å²) < 4.78 is 5.36. The summed E-state index contributed by atoms with van der Waals surface area (Å²) in [5, 5.41) is 10.9. The van der Waals surface area contributed by atoms with Crippen LogP contribution in [-0.2, 0) is 9.59 Å². The zero-order chi connectivity index (χ0) is 13.2. The lowest BCUT2D eigenvalue weighted by molar-refractivity contribution is -0.136. The van der Waals surface area contributed by atoms with Crippen molar-refractivity contribution in [3.8, 4) is 5.75 Å². The van der Waals surface area contributed by atoms with Crippen molar-refractivity contribution in [3.63, 3.8) is 0 Å². The van der Waals surface area contributed by atoms with Crippen LogP contribution in [0, 0.1) is 0 Å². The molecule has 0 spiro atoms. The minimum atomic E-state index is -0.921. The van der Waals surface area contributed by atoms with Gasteiger partial charge in [0.2, 0.25) is 5.91 Å². The third kappa shape index (κ3) is 6.47. The molecular formula is C12H16N2O4. The molecule has 0 radical (unpaired) electrons. The van der Waals surface area contributed by atoms with E-state index in [-0.39, 0.29) is 18.9 Å². The number of hydrogen-bond acceptors (Lipinski definition) is 4. The van der Waals surface area contributed by atoms with Gasteiger partial charge in [-0.1, -0.05) is 0 Å². The third-order valence-electron chi connectivity index (χ3n) is 2.11. The van der Waals surface area contributed by atoms with Crippen LogP contribution < -0.4 is 10.1 Å². The highest BCUT2D eigenvalue weighted by Gasteiger charge is 2.02. The zero-order valence-electron chi connectivity index (χ0n) is 9.96. The first kappa shape index (κ1) is 14.0. The highest BCUT2D eigenvalue weighted by atomic mass is 16.5. The molecule has 98 valence electrons. The van der Waals surface area contributed by atoms with Crippen LogP contribution in [0.2, 0.25) is 0 Å². The number of nitrogens with zero attached hydrogens (tertiary/aromatic N) is 1. The molecule has 1 aromatic heterocycles. The monoisotopic (exact) mass is 252 g/mol. The summed E-state index contributed by atoms with van der Waals surface area (Å²) in [5.74, 6) is -0.412. The van der Waals surface area contributed by atoms with Crippen molar-refractivity contribution in [2.24, 2.45) is 0 Å². The fourth-order valence-electron chi connectivity index (χ4n) is 1.25. The highest BCUT2D eigenvalue weighted by Crippen LogP contribution is 2.06. The first-order valence-corrected chi connectivity index (χ1v) is 5.70. The molecule has 6 heteroatoms. The molecule has 0 aromatic carbocycles. The van der Waals surface area contributed by atoms with E-state index in [1.54, 1.807) is 24.5 Å². The lowest BCUT2D eigenvalue weighted by Gasteiger charge is -2.05. The van der Waals surface area contributed by atoms with Crippen molar-refractivity contribution in [2.75, 3.05) is 13.2 Å². The minimum Gasteiger partial charge on any atom is -0.492 e. The maximum Gasteiger partial charge on any atom is 0.305 e. The Labute approximate surface area is 105 Å². The predicted molar refractivity (Wildman–Crippen MR) is 64.2 cm³/mol. The molecule has 2 N–H and O–H groups in total. The average molecular weight is 252 g/mol. The largest absolute Gasteiger partial charge is 0.492 e. The number of aromatic nitrogens is 1. The molecule has 1 aromatic rings. The summed E-state index contributed by atoms with van der Waals surface area (Å²) >= 11 is 0. The van der Waals surface area contributed by atoms with Gasteiger partial charge in [-0.25, -0.2) is 0 Å². The fourth-order valence-corrected chi connectivity index (χ4v) is 1.25. The van der Waals surface area contributed by atoms with E-state index in [9.17, 15) is 9.59 Å². The SMILES string of the molecule is O=C(O)CCNC(=O)CCCOc1cccnc1. The summed E-state index contributed by atoms with van der Waals surface area (Å²) in [6.07, 6.45) is 4.10. The van der Waals surface area contributed by atoms with Crippen molar-refractivity contribution < 1.29 is 19.4 Å². The molecule has 0 bridgehead atoms. The number of ether oxygens (including phenoxy) is 1. The van der Waals surface area contributed by atoms with Gasteiger partial charge in [-0.05, 0) is 18.6 Å².